The summed E-state index contributed by atoms with van der Waals surface area (Å²) < 4.78 is 5.40. The van der Waals surface area contributed by atoms with Crippen LogP contribution >= 0.6 is 15.9 Å². The molecular weight excluding hydrogens is 286 g/mol. The van der Waals surface area contributed by atoms with Crippen LogP contribution in [0.5, 0.6) is 0 Å². The first-order valence-corrected chi connectivity index (χ1v) is 5.61. The van der Waals surface area contributed by atoms with Gasteiger partial charge in [0.15, 0.2) is 0 Å². The number of carbonyl (C=O) groups excluding carboxylic acids is 1. The molecule has 0 atom stereocenters. The number of halogens is 1. The zero-order chi connectivity index (χ0) is 12.3. The standard InChI is InChI=1S/C12H8BrNO3/c13-9-3-1-2-4-10(9)14-12(16)8-5-6-11(15)17-7-8/h1-7H,(H,14,16). The van der Waals surface area contributed by atoms with Crippen LogP contribution in [0.25, 0.3) is 0 Å². The second-order valence-corrected chi connectivity index (χ2v) is 4.13. The highest BCUT2D eigenvalue weighted by Crippen LogP contribution is 2.21. The van der Waals surface area contributed by atoms with Gasteiger partial charge in [0.1, 0.15) is 6.26 Å². The van der Waals surface area contributed by atoms with Gasteiger partial charge in [-0.3, -0.25) is 4.79 Å². The summed E-state index contributed by atoms with van der Waals surface area (Å²) in [6.45, 7) is 0. The number of anilines is 1. The fraction of sp³-hybridized carbons (Fsp3) is 0. The van der Waals surface area contributed by atoms with Crippen molar-refractivity contribution in [2.24, 2.45) is 0 Å². The van der Waals surface area contributed by atoms with Gasteiger partial charge in [-0.05, 0) is 34.1 Å². The van der Waals surface area contributed by atoms with Gasteiger partial charge in [-0.2, -0.15) is 0 Å². The van der Waals surface area contributed by atoms with E-state index in [1.165, 1.54) is 12.1 Å². The van der Waals surface area contributed by atoms with Crippen molar-refractivity contribution >= 4 is 27.5 Å². The van der Waals surface area contributed by atoms with E-state index in [1.54, 1.807) is 6.07 Å². The number of nitrogens with one attached hydrogen (secondary N) is 1. The summed E-state index contributed by atoms with van der Waals surface area (Å²) in [4.78, 5) is 22.5. The second kappa shape index (κ2) is 4.97. The van der Waals surface area contributed by atoms with E-state index in [1.807, 2.05) is 18.2 Å². The molecule has 1 heterocycles. The molecule has 0 radical (unpaired) electrons. The zero-order valence-electron chi connectivity index (χ0n) is 8.64. The molecule has 4 nitrogen and oxygen atoms in total. The molecule has 2 rings (SSSR count). The molecule has 0 spiro atoms. The smallest absolute Gasteiger partial charge is 0.335 e. The van der Waals surface area contributed by atoms with Gasteiger partial charge in [-0.25, -0.2) is 4.79 Å². The van der Waals surface area contributed by atoms with E-state index in [0.29, 0.717) is 11.3 Å². The van der Waals surface area contributed by atoms with Crippen LogP contribution in [-0.2, 0) is 0 Å². The molecule has 86 valence electrons. The largest absolute Gasteiger partial charge is 0.430 e. The van der Waals surface area contributed by atoms with Crippen LogP contribution in [0.1, 0.15) is 10.4 Å². The topological polar surface area (TPSA) is 59.3 Å². The Morgan fingerprint density at radius 2 is 1.94 bits per heavy atom. The first-order chi connectivity index (χ1) is 8.16. The minimum Gasteiger partial charge on any atom is -0.430 e. The molecule has 1 N–H and O–H groups in total. The predicted molar refractivity (Wildman–Crippen MR) is 67.1 cm³/mol. The maximum Gasteiger partial charge on any atom is 0.335 e. The van der Waals surface area contributed by atoms with Gasteiger partial charge in [0.2, 0.25) is 0 Å². The van der Waals surface area contributed by atoms with Gasteiger partial charge in [-0.15, -0.1) is 0 Å². The van der Waals surface area contributed by atoms with Crippen LogP contribution < -0.4 is 10.9 Å². The summed E-state index contributed by atoms with van der Waals surface area (Å²) in [5.41, 5.74) is 0.464. The summed E-state index contributed by atoms with van der Waals surface area (Å²) in [7, 11) is 0. The molecule has 1 amide bonds. The third kappa shape index (κ3) is 2.82. The van der Waals surface area contributed by atoms with Crippen molar-refractivity contribution in [1.29, 1.82) is 0 Å². The molecule has 0 fully saturated rings. The van der Waals surface area contributed by atoms with Gasteiger partial charge < -0.3 is 9.73 Å². The van der Waals surface area contributed by atoms with Crippen LogP contribution in [0.3, 0.4) is 0 Å². The van der Waals surface area contributed by atoms with E-state index >= 15 is 0 Å². The van der Waals surface area contributed by atoms with Crippen molar-refractivity contribution in [2.45, 2.75) is 0 Å². The molecule has 0 saturated carbocycles. The average Bonchev–Trinajstić information content (AvgIpc) is 2.33. The van der Waals surface area contributed by atoms with Gasteiger partial charge in [0, 0.05) is 10.5 Å². The van der Waals surface area contributed by atoms with E-state index in [9.17, 15) is 9.59 Å². The lowest BCUT2D eigenvalue weighted by molar-refractivity contribution is 0.102. The van der Waals surface area contributed by atoms with Crippen LogP contribution in [-0.4, -0.2) is 5.91 Å². The van der Waals surface area contributed by atoms with Crippen LogP contribution in [0.15, 0.2) is 56.3 Å². The Labute approximate surface area is 105 Å². The van der Waals surface area contributed by atoms with E-state index in [4.69, 9.17) is 0 Å². The zero-order valence-corrected chi connectivity index (χ0v) is 10.2. The number of rotatable bonds is 2. The second-order valence-electron chi connectivity index (χ2n) is 3.28. The Hall–Kier alpha value is -1.88. The van der Waals surface area contributed by atoms with Crippen molar-refractivity contribution in [1.82, 2.24) is 0 Å². The molecular formula is C12H8BrNO3. The SMILES string of the molecule is O=C(Nc1ccccc1Br)c1ccc(=O)oc1. The van der Waals surface area contributed by atoms with Gasteiger partial charge in [0.25, 0.3) is 5.91 Å². The molecule has 0 unspecified atom stereocenters. The quantitative estimate of drug-likeness (QED) is 0.926. The Morgan fingerprint density at radius 1 is 1.18 bits per heavy atom. The Morgan fingerprint density at radius 3 is 2.59 bits per heavy atom. The lowest BCUT2D eigenvalue weighted by Gasteiger charge is -2.06. The summed E-state index contributed by atoms with van der Waals surface area (Å²) >= 11 is 3.32. The number of hydrogen-bond donors (Lipinski definition) is 1. The maximum atomic E-state index is 11.8. The lowest BCUT2D eigenvalue weighted by Crippen LogP contribution is -2.13. The monoisotopic (exact) mass is 293 g/mol. The van der Waals surface area contributed by atoms with E-state index < -0.39 is 5.63 Å². The third-order valence-corrected chi connectivity index (χ3v) is 2.78. The molecule has 2 aromatic rings. The highest BCUT2D eigenvalue weighted by atomic mass is 79.9. The Balaban J connectivity index is 2.20. The molecule has 0 saturated heterocycles. The van der Waals surface area contributed by atoms with Crippen LogP contribution in [0, 0.1) is 0 Å². The molecule has 0 aliphatic carbocycles. The maximum absolute atomic E-state index is 11.8. The Bertz CT molecular complexity index is 586. The van der Waals surface area contributed by atoms with E-state index in [0.717, 1.165) is 10.7 Å². The van der Waals surface area contributed by atoms with Crippen molar-refractivity contribution in [3.63, 3.8) is 0 Å². The lowest BCUT2D eigenvalue weighted by atomic mass is 10.2. The first kappa shape index (κ1) is 11.6. The molecule has 0 aliphatic rings. The fourth-order valence-electron chi connectivity index (χ4n) is 1.24. The van der Waals surface area contributed by atoms with Crippen molar-refractivity contribution < 1.29 is 9.21 Å². The number of benzene rings is 1. The van der Waals surface area contributed by atoms with Crippen molar-refractivity contribution in [3.05, 3.63) is 63.1 Å². The van der Waals surface area contributed by atoms with Crippen LogP contribution in [0.2, 0.25) is 0 Å². The number of hydrogen-bond acceptors (Lipinski definition) is 3. The van der Waals surface area contributed by atoms with Gasteiger partial charge in [0.05, 0.1) is 11.3 Å². The number of amides is 1. The fourth-order valence-corrected chi connectivity index (χ4v) is 1.63. The Kier molecular flexibility index (Phi) is 3.39. The van der Waals surface area contributed by atoms with E-state index in [-0.39, 0.29) is 5.91 Å². The minimum atomic E-state index is -0.484. The number of para-hydroxylation sites is 1. The highest BCUT2D eigenvalue weighted by molar-refractivity contribution is 9.10. The van der Waals surface area contributed by atoms with Gasteiger partial charge >= 0.3 is 5.63 Å². The third-order valence-electron chi connectivity index (χ3n) is 2.09. The molecule has 0 bridgehead atoms. The summed E-state index contributed by atoms with van der Waals surface area (Å²) in [5, 5.41) is 2.70. The highest BCUT2D eigenvalue weighted by Gasteiger charge is 2.08. The molecule has 1 aromatic carbocycles. The molecule has 1 aromatic heterocycles. The summed E-state index contributed by atoms with van der Waals surface area (Å²) in [6, 6.07) is 9.86. The average molecular weight is 294 g/mol. The first-order valence-electron chi connectivity index (χ1n) is 4.81. The summed E-state index contributed by atoms with van der Waals surface area (Å²) in [5.74, 6) is -0.333. The predicted octanol–water partition coefficient (Wildman–Crippen LogP) is 2.65. The van der Waals surface area contributed by atoms with E-state index in [2.05, 4.69) is 25.7 Å². The minimum absolute atomic E-state index is 0.292. The number of carbonyl (C=O) groups is 1. The van der Waals surface area contributed by atoms with Crippen LogP contribution in [0.4, 0.5) is 5.69 Å². The van der Waals surface area contributed by atoms with Crippen molar-refractivity contribution in [3.8, 4) is 0 Å². The molecule has 0 aliphatic heterocycles. The summed E-state index contributed by atoms with van der Waals surface area (Å²) in [6.07, 6.45) is 1.13. The molecule has 17 heavy (non-hydrogen) atoms. The normalized spacial score (nSPS) is 9.94. The van der Waals surface area contributed by atoms with Gasteiger partial charge in [-0.1, -0.05) is 12.1 Å². The van der Waals surface area contributed by atoms with Crippen molar-refractivity contribution in [2.75, 3.05) is 5.32 Å². The molecule has 5 heteroatoms.